The van der Waals surface area contributed by atoms with Gasteiger partial charge in [0.05, 0.1) is 5.60 Å². The van der Waals surface area contributed by atoms with Crippen molar-refractivity contribution in [3.8, 4) is 0 Å². The van der Waals surface area contributed by atoms with Crippen LogP contribution in [0.2, 0.25) is 0 Å². The van der Waals surface area contributed by atoms with E-state index in [-0.39, 0.29) is 5.41 Å². The smallest absolute Gasteiger partial charge is 0.0671 e. The van der Waals surface area contributed by atoms with Crippen molar-refractivity contribution in [3.05, 3.63) is 6.92 Å². The van der Waals surface area contributed by atoms with Crippen LogP contribution in [0.15, 0.2) is 0 Å². The molecule has 67 valence electrons. The van der Waals surface area contributed by atoms with Crippen molar-refractivity contribution < 1.29 is 5.11 Å². The molecule has 1 radical (unpaired) electrons. The van der Waals surface area contributed by atoms with Gasteiger partial charge >= 0.3 is 0 Å². The molecular weight excluding hydrogens is 136 g/mol. The van der Waals surface area contributed by atoms with Gasteiger partial charge in [0.1, 0.15) is 0 Å². The van der Waals surface area contributed by atoms with Crippen molar-refractivity contribution in [2.24, 2.45) is 5.41 Å². The van der Waals surface area contributed by atoms with Gasteiger partial charge in [0, 0.05) is 0 Å². The zero-order valence-corrected chi connectivity index (χ0v) is 8.28. The fourth-order valence-electron chi connectivity index (χ4n) is 0.888. The Kier molecular flexibility index (Phi) is 3.56. The maximum Gasteiger partial charge on any atom is 0.0671 e. The van der Waals surface area contributed by atoms with E-state index in [9.17, 15) is 5.11 Å². The van der Waals surface area contributed by atoms with Crippen molar-refractivity contribution >= 4 is 0 Å². The lowest BCUT2D eigenvalue weighted by atomic mass is 9.74. The molecule has 11 heavy (non-hydrogen) atoms. The molecule has 0 saturated carbocycles. The Hall–Kier alpha value is -0.0400. The van der Waals surface area contributed by atoms with Crippen LogP contribution in [0.25, 0.3) is 0 Å². The Morgan fingerprint density at radius 1 is 1.27 bits per heavy atom. The van der Waals surface area contributed by atoms with Gasteiger partial charge in [-0.15, -0.1) is 0 Å². The summed E-state index contributed by atoms with van der Waals surface area (Å²) >= 11 is 0. The molecule has 1 unspecified atom stereocenters. The molecule has 0 rings (SSSR count). The molecule has 0 aliphatic carbocycles. The molecule has 0 amide bonds. The van der Waals surface area contributed by atoms with E-state index >= 15 is 0 Å². The third-order valence-corrected chi connectivity index (χ3v) is 2.61. The van der Waals surface area contributed by atoms with E-state index in [0.29, 0.717) is 0 Å². The van der Waals surface area contributed by atoms with E-state index in [4.69, 9.17) is 0 Å². The van der Waals surface area contributed by atoms with E-state index in [0.717, 1.165) is 6.42 Å². The molecule has 1 atom stereocenters. The lowest BCUT2D eigenvalue weighted by Gasteiger charge is -2.37. The van der Waals surface area contributed by atoms with Crippen LogP contribution >= 0.6 is 0 Å². The second-order valence-corrected chi connectivity index (χ2v) is 4.26. The summed E-state index contributed by atoms with van der Waals surface area (Å²) in [6.45, 7) is 11.8. The molecular formula is C10H21O. The highest BCUT2D eigenvalue weighted by molar-refractivity contribution is 4.91. The number of hydrogen-bond donors (Lipinski definition) is 1. The zero-order valence-electron chi connectivity index (χ0n) is 8.28. The maximum absolute atomic E-state index is 9.66. The zero-order chi connectivity index (χ0) is 9.12. The molecule has 0 aliphatic heterocycles. The highest BCUT2D eigenvalue weighted by Gasteiger charge is 2.33. The van der Waals surface area contributed by atoms with Crippen molar-refractivity contribution in [1.29, 1.82) is 0 Å². The third-order valence-electron chi connectivity index (χ3n) is 2.61. The Labute approximate surface area is 70.8 Å². The second-order valence-electron chi connectivity index (χ2n) is 4.26. The molecule has 1 heteroatoms. The molecule has 1 N–H and O–H groups in total. The van der Waals surface area contributed by atoms with Gasteiger partial charge in [0.15, 0.2) is 0 Å². The normalized spacial score (nSPS) is 13.6. The van der Waals surface area contributed by atoms with Crippen LogP contribution in [0, 0.1) is 12.3 Å². The SMILES string of the molecule is [CH2]C(C)(O)C(C)(C)CCCC. The van der Waals surface area contributed by atoms with E-state index in [1.165, 1.54) is 12.8 Å². The van der Waals surface area contributed by atoms with Crippen LogP contribution in [-0.2, 0) is 0 Å². The van der Waals surface area contributed by atoms with Gasteiger partial charge in [-0.3, -0.25) is 0 Å². The molecule has 0 fully saturated rings. The van der Waals surface area contributed by atoms with Crippen molar-refractivity contribution in [2.75, 3.05) is 0 Å². The summed E-state index contributed by atoms with van der Waals surface area (Å²) in [6.07, 6.45) is 3.39. The van der Waals surface area contributed by atoms with E-state index in [2.05, 4.69) is 27.7 Å². The first-order valence-electron chi connectivity index (χ1n) is 4.39. The first kappa shape index (κ1) is 11.0. The van der Waals surface area contributed by atoms with Gasteiger partial charge in [-0.1, -0.05) is 33.6 Å². The lowest BCUT2D eigenvalue weighted by Crippen LogP contribution is -2.38. The molecule has 0 saturated heterocycles. The Balaban J connectivity index is 4.00. The Morgan fingerprint density at radius 3 is 2.00 bits per heavy atom. The highest BCUT2D eigenvalue weighted by atomic mass is 16.3. The van der Waals surface area contributed by atoms with E-state index in [1.807, 2.05) is 0 Å². The van der Waals surface area contributed by atoms with Crippen molar-refractivity contribution in [1.82, 2.24) is 0 Å². The summed E-state index contributed by atoms with van der Waals surface area (Å²) in [4.78, 5) is 0. The lowest BCUT2D eigenvalue weighted by molar-refractivity contribution is -0.0169. The van der Waals surface area contributed by atoms with E-state index < -0.39 is 5.60 Å². The largest absolute Gasteiger partial charge is 0.390 e. The molecule has 0 aromatic heterocycles. The van der Waals surface area contributed by atoms with Crippen LogP contribution in [0.4, 0.5) is 0 Å². The Morgan fingerprint density at radius 2 is 1.73 bits per heavy atom. The van der Waals surface area contributed by atoms with Crippen LogP contribution < -0.4 is 0 Å². The van der Waals surface area contributed by atoms with Gasteiger partial charge in [-0.25, -0.2) is 0 Å². The molecule has 0 aliphatic rings. The molecule has 0 aromatic carbocycles. The maximum atomic E-state index is 9.66. The number of rotatable bonds is 4. The third kappa shape index (κ3) is 3.24. The van der Waals surface area contributed by atoms with Crippen molar-refractivity contribution in [3.63, 3.8) is 0 Å². The predicted molar refractivity (Wildman–Crippen MR) is 49.3 cm³/mol. The topological polar surface area (TPSA) is 20.2 Å². The summed E-state index contributed by atoms with van der Waals surface area (Å²) in [5.41, 5.74) is -0.870. The summed E-state index contributed by atoms with van der Waals surface area (Å²) in [5, 5.41) is 9.66. The van der Waals surface area contributed by atoms with Crippen LogP contribution in [0.1, 0.15) is 47.0 Å². The fourth-order valence-corrected chi connectivity index (χ4v) is 0.888. The average molecular weight is 157 g/mol. The summed E-state index contributed by atoms with van der Waals surface area (Å²) in [6, 6.07) is 0. The van der Waals surface area contributed by atoms with Crippen molar-refractivity contribution in [2.45, 2.75) is 52.6 Å². The summed E-state index contributed by atoms with van der Waals surface area (Å²) in [7, 11) is 0. The molecule has 0 heterocycles. The van der Waals surface area contributed by atoms with Gasteiger partial charge < -0.3 is 5.11 Å². The van der Waals surface area contributed by atoms with Crippen LogP contribution in [0.5, 0.6) is 0 Å². The summed E-state index contributed by atoms with van der Waals surface area (Å²) < 4.78 is 0. The van der Waals surface area contributed by atoms with Gasteiger partial charge in [-0.2, -0.15) is 0 Å². The molecule has 0 bridgehead atoms. The Bertz CT molecular complexity index is 109. The molecule has 0 aromatic rings. The quantitative estimate of drug-likeness (QED) is 0.665. The standard InChI is InChI=1S/C10H21O/c1-6-7-8-9(2,3)10(4,5)11/h11H,4,6-8H2,1-3,5H3. The van der Waals surface area contributed by atoms with E-state index in [1.54, 1.807) is 6.92 Å². The minimum Gasteiger partial charge on any atom is -0.390 e. The first-order chi connectivity index (χ1) is 4.81. The highest BCUT2D eigenvalue weighted by Crippen LogP contribution is 2.34. The number of unbranched alkanes of at least 4 members (excludes halogenated alkanes) is 1. The second kappa shape index (κ2) is 3.57. The summed E-state index contributed by atoms with van der Waals surface area (Å²) in [5.74, 6) is 0. The first-order valence-corrected chi connectivity index (χ1v) is 4.39. The molecule has 1 nitrogen and oxygen atoms in total. The van der Waals surface area contributed by atoms with Gasteiger partial charge in [0.25, 0.3) is 0 Å². The van der Waals surface area contributed by atoms with Gasteiger partial charge in [-0.05, 0) is 25.7 Å². The predicted octanol–water partition coefficient (Wildman–Crippen LogP) is 2.79. The number of aliphatic hydroxyl groups is 1. The minimum absolute atomic E-state index is 0.0665. The average Bonchev–Trinajstić information content (AvgIpc) is 1.81. The van der Waals surface area contributed by atoms with Crippen LogP contribution in [0.3, 0.4) is 0 Å². The number of hydrogen-bond acceptors (Lipinski definition) is 1. The minimum atomic E-state index is -0.803. The molecule has 0 spiro atoms. The van der Waals surface area contributed by atoms with Gasteiger partial charge in [0.2, 0.25) is 0 Å². The van der Waals surface area contributed by atoms with Crippen LogP contribution in [-0.4, -0.2) is 10.7 Å². The fraction of sp³-hybridized carbons (Fsp3) is 0.900. The monoisotopic (exact) mass is 157 g/mol.